The summed E-state index contributed by atoms with van der Waals surface area (Å²) in [6, 6.07) is 10.9. The van der Waals surface area contributed by atoms with Crippen molar-refractivity contribution in [1.29, 1.82) is 0 Å². The second-order valence-corrected chi connectivity index (χ2v) is 5.63. The van der Waals surface area contributed by atoms with Gasteiger partial charge in [-0.2, -0.15) is 0 Å². The number of benzene rings is 2. The molecule has 0 aliphatic carbocycles. The number of para-hydroxylation sites is 1. The van der Waals surface area contributed by atoms with Gasteiger partial charge in [0.1, 0.15) is 18.1 Å². The molecule has 1 N–H and O–H groups in total. The molecule has 1 aliphatic rings. The lowest BCUT2D eigenvalue weighted by Gasteiger charge is -2.18. The average Bonchev–Trinajstić information content (AvgIpc) is 3.03. The van der Waals surface area contributed by atoms with Crippen molar-refractivity contribution < 1.29 is 23.0 Å². The summed E-state index contributed by atoms with van der Waals surface area (Å²) in [5.74, 6) is -1.84. The molecule has 0 spiro atoms. The molecule has 0 unspecified atom stereocenters. The molecule has 2 heterocycles. The normalized spacial score (nSPS) is 12.1. The fraction of sp³-hybridized carbons (Fsp3) is 0.105. The number of esters is 1. The van der Waals surface area contributed by atoms with E-state index in [2.05, 4.69) is 4.98 Å². The molecular weight excluding hydrogens is 328 g/mol. The highest BCUT2D eigenvalue weighted by atomic mass is 19.2. The summed E-state index contributed by atoms with van der Waals surface area (Å²) in [6.45, 7) is 0.203. The Kier molecular flexibility index (Phi) is 3.53. The Hall–Kier alpha value is -3.15. The minimum atomic E-state index is -0.986. The Morgan fingerprint density at radius 3 is 2.72 bits per heavy atom. The summed E-state index contributed by atoms with van der Waals surface area (Å²) in [7, 11) is 1.27. The molecule has 1 aliphatic heterocycles. The average molecular weight is 341 g/mol. The molecule has 25 heavy (non-hydrogen) atoms. The van der Waals surface area contributed by atoms with Crippen LogP contribution in [0.2, 0.25) is 0 Å². The van der Waals surface area contributed by atoms with Gasteiger partial charge in [0.2, 0.25) is 0 Å². The van der Waals surface area contributed by atoms with Crippen LogP contribution in [-0.4, -0.2) is 18.1 Å². The fourth-order valence-electron chi connectivity index (χ4n) is 3.09. The Bertz CT molecular complexity index is 994. The number of methoxy groups -OCH3 is 1. The number of H-pyrrole nitrogens is 1. The van der Waals surface area contributed by atoms with Crippen LogP contribution < -0.4 is 4.74 Å². The van der Waals surface area contributed by atoms with Crippen LogP contribution in [-0.2, 0) is 11.3 Å². The molecule has 0 atom stereocenters. The SMILES string of the molecule is COC(=O)c1[nH]c2c(c1-c1ccc(F)c(F)c1)COc1ccccc1-2. The summed E-state index contributed by atoms with van der Waals surface area (Å²) in [6.07, 6.45) is 0. The second-order valence-electron chi connectivity index (χ2n) is 5.63. The standard InChI is InChI=1S/C19H13F2NO3/c1-24-19(23)18-16(10-6-7-13(20)14(21)8-10)12-9-25-15-5-3-2-4-11(15)17(12)22-18/h2-8,22H,9H2,1H3. The molecule has 0 fully saturated rings. The maximum absolute atomic E-state index is 13.7. The highest BCUT2D eigenvalue weighted by molar-refractivity contribution is 5.99. The Labute approximate surface area is 142 Å². The molecule has 6 heteroatoms. The molecule has 126 valence electrons. The van der Waals surface area contributed by atoms with E-state index in [1.54, 1.807) is 0 Å². The smallest absolute Gasteiger partial charge is 0.355 e. The van der Waals surface area contributed by atoms with Crippen molar-refractivity contribution in [2.24, 2.45) is 0 Å². The minimum absolute atomic E-state index is 0.179. The van der Waals surface area contributed by atoms with E-state index in [0.717, 1.165) is 17.7 Å². The summed E-state index contributed by atoms with van der Waals surface area (Å²) in [4.78, 5) is 15.3. The number of aromatic amines is 1. The third-order valence-electron chi connectivity index (χ3n) is 4.23. The highest BCUT2D eigenvalue weighted by Crippen LogP contribution is 2.43. The molecule has 0 saturated heterocycles. The quantitative estimate of drug-likeness (QED) is 0.707. The lowest BCUT2D eigenvalue weighted by atomic mass is 9.96. The van der Waals surface area contributed by atoms with Gasteiger partial charge in [0, 0.05) is 16.7 Å². The number of halogens is 2. The van der Waals surface area contributed by atoms with Crippen LogP contribution in [0.3, 0.4) is 0 Å². The number of fused-ring (bicyclic) bond motifs is 3. The molecular formula is C19H13F2NO3. The fourth-order valence-corrected chi connectivity index (χ4v) is 3.09. The minimum Gasteiger partial charge on any atom is -0.488 e. The van der Waals surface area contributed by atoms with E-state index in [9.17, 15) is 13.6 Å². The Morgan fingerprint density at radius 1 is 1.16 bits per heavy atom. The van der Waals surface area contributed by atoms with E-state index in [4.69, 9.17) is 9.47 Å². The van der Waals surface area contributed by atoms with Gasteiger partial charge >= 0.3 is 5.97 Å². The van der Waals surface area contributed by atoms with Gasteiger partial charge in [0.15, 0.2) is 11.6 Å². The predicted molar refractivity (Wildman–Crippen MR) is 87.3 cm³/mol. The zero-order chi connectivity index (χ0) is 17.6. The van der Waals surface area contributed by atoms with Crippen molar-refractivity contribution in [2.45, 2.75) is 6.61 Å². The lowest BCUT2D eigenvalue weighted by molar-refractivity contribution is 0.0596. The largest absolute Gasteiger partial charge is 0.488 e. The van der Waals surface area contributed by atoms with Crippen LogP contribution >= 0.6 is 0 Å². The predicted octanol–water partition coefficient (Wildman–Crippen LogP) is 4.31. The third kappa shape index (κ3) is 2.38. The summed E-state index contributed by atoms with van der Waals surface area (Å²) < 4.78 is 37.6. The molecule has 4 rings (SSSR count). The molecule has 3 aromatic rings. The Balaban J connectivity index is 1.99. The first-order valence-corrected chi connectivity index (χ1v) is 7.61. The number of rotatable bonds is 2. The highest BCUT2D eigenvalue weighted by Gasteiger charge is 2.29. The molecule has 1 aromatic heterocycles. The number of nitrogens with one attached hydrogen (secondary N) is 1. The number of carbonyl (C=O) groups is 1. The number of hydrogen-bond acceptors (Lipinski definition) is 3. The molecule has 0 saturated carbocycles. The first kappa shape index (κ1) is 15.4. The monoisotopic (exact) mass is 341 g/mol. The van der Waals surface area contributed by atoms with Crippen molar-refractivity contribution in [1.82, 2.24) is 4.98 Å². The van der Waals surface area contributed by atoms with Gasteiger partial charge in [-0.1, -0.05) is 18.2 Å². The molecule has 0 radical (unpaired) electrons. The molecule has 0 amide bonds. The molecule has 4 nitrogen and oxygen atoms in total. The van der Waals surface area contributed by atoms with Crippen molar-refractivity contribution >= 4 is 5.97 Å². The van der Waals surface area contributed by atoms with Crippen molar-refractivity contribution in [3.8, 4) is 28.1 Å². The maximum Gasteiger partial charge on any atom is 0.355 e. The van der Waals surface area contributed by atoms with Crippen LogP contribution in [0.25, 0.3) is 22.4 Å². The first-order valence-electron chi connectivity index (χ1n) is 7.61. The topological polar surface area (TPSA) is 51.3 Å². The third-order valence-corrected chi connectivity index (χ3v) is 4.23. The zero-order valence-electron chi connectivity index (χ0n) is 13.2. The van der Waals surface area contributed by atoms with E-state index in [0.29, 0.717) is 28.1 Å². The van der Waals surface area contributed by atoms with E-state index < -0.39 is 17.6 Å². The van der Waals surface area contributed by atoms with Gasteiger partial charge in [-0.3, -0.25) is 0 Å². The number of aromatic nitrogens is 1. The van der Waals surface area contributed by atoms with Crippen molar-refractivity contribution in [3.63, 3.8) is 0 Å². The van der Waals surface area contributed by atoms with Gasteiger partial charge in [-0.15, -0.1) is 0 Å². The van der Waals surface area contributed by atoms with Crippen molar-refractivity contribution in [2.75, 3.05) is 7.11 Å². The number of carbonyl (C=O) groups excluding carboxylic acids is 1. The molecule has 0 bridgehead atoms. The van der Waals surface area contributed by atoms with Crippen LogP contribution in [0.5, 0.6) is 5.75 Å². The lowest BCUT2D eigenvalue weighted by Crippen LogP contribution is -2.05. The van der Waals surface area contributed by atoms with Crippen molar-refractivity contribution in [3.05, 3.63) is 65.4 Å². The van der Waals surface area contributed by atoms with Gasteiger partial charge in [-0.25, -0.2) is 13.6 Å². The first-order chi connectivity index (χ1) is 12.1. The van der Waals surface area contributed by atoms with Gasteiger partial charge in [0.25, 0.3) is 0 Å². The van der Waals surface area contributed by atoms with Crippen LogP contribution in [0.1, 0.15) is 16.1 Å². The number of hydrogen-bond donors (Lipinski definition) is 1. The summed E-state index contributed by atoms with van der Waals surface area (Å²) in [5.41, 5.74) is 3.21. The maximum atomic E-state index is 13.7. The van der Waals surface area contributed by atoms with Crippen LogP contribution in [0, 0.1) is 11.6 Å². The van der Waals surface area contributed by atoms with Crippen LogP contribution in [0.4, 0.5) is 8.78 Å². The zero-order valence-corrected chi connectivity index (χ0v) is 13.2. The van der Waals surface area contributed by atoms with E-state index in [1.165, 1.54) is 13.2 Å². The van der Waals surface area contributed by atoms with E-state index >= 15 is 0 Å². The summed E-state index contributed by atoms with van der Waals surface area (Å²) in [5, 5.41) is 0. The number of ether oxygens (including phenoxy) is 2. The second kappa shape index (κ2) is 5.73. The van der Waals surface area contributed by atoms with E-state index in [1.807, 2.05) is 24.3 Å². The van der Waals surface area contributed by atoms with E-state index in [-0.39, 0.29) is 12.3 Å². The van der Waals surface area contributed by atoms with Crippen LogP contribution in [0.15, 0.2) is 42.5 Å². The molecule has 2 aromatic carbocycles. The van der Waals surface area contributed by atoms with Gasteiger partial charge in [0.05, 0.1) is 12.8 Å². The Morgan fingerprint density at radius 2 is 1.96 bits per heavy atom. The summed E-state index contributed by atoms with van der Waals surface area (Å²) >= 11 is 0. The van der Waals surface area contributed by atoms with Gasteiger partial charge < -0.3 is 14.5 Å². The van der Waals surface area contributed by atoms with Gasteiger partial charge in [-0.05, 0) is 29.8 Å².